The van der Waals surface area contributed by atoms with Gasteiger partial charge in [0.1, 0.15) is 24.0 Å². The molecule has 1 aromatic heterocycles. The largest absolute Gasteiger partial charge is 0.493 e. The molecule has 0 aliphatic carbocycles. The van der Waals surface area contributed by atoms with Gasteiger partial charge < -0.3 is 14.8 Å². The molecule has 3 rings (SSSR count). The monoisotopic (exact) mass is 342 g/mol. The Hall–Kier alpha value is -2.83. The Labute approximate surface area is 146 Å². The first-order valence-corrected chi connectivity index (χ1v) is 8.32. The van der Waals surface area contributed by atoms with Gasteiger partial charge in [0.2, 0.25) is 5.95 Å². The third kappa shape index (κ3) is 3.22. The second kappa shape index (κ2) is 7.38. The van der Waals surface area contributed by atoms with Gasteiger partial charge >= 0.3 is 5.97 Å². The third-order valence-corrected chi connectivity index (χ3v) is 4.25. The van der Waals surface area contributed by atoms with E-state index in [0.29, 0.717) is 18.3 Å². The molecule has 2 atom stereocenters. The number of anilines is 1. The summed E-state index contributed by atoms with van der Waals surface area (Å²) >= 11 is 0. The number of ether oxygens (including phenoxy) is 2. The zero-order chi connectivity index (χ0) is 17.8. The first-order valence-electron chi connectivity index (χ1n) is 8.32. The standard InChI is InChI=1S/C18H22N4O3/c1-4-5-10-25-14-9-7-6-8-13(14)16-15(17(23)24-3)12(2)21-18-19-11-20-22(16)18/h6-9,11,15-16H,2,4-5,10H2,1,3H3,(H,19,20,21)/t15-,16+/m1/s1. The second-order valence-electron chi connectivity index (χ2n) is 5.86. The fourth-order valence-corrected chi connectivity index (χ4v) is 2.99. The number of esters is 1. The maximum absolute atomic E-state index is 12.4. The normalized spacial score (nSPS) is 19.0. The number of carbonyl (C=O) groups is 1. The smallest absolute Gasteiger partial charge is 0.317 e. The van der Waals surface area contributed by atoms with Gasteiger partial charge in [-0.25, -0.2) is 4.68 Å². The summed E-state index contributed by atoms with van der Waals surface area (Å²) in [6.45, 7) is 6.72. The molecular weight excluding hydrogens is 320 g/mol. The van der Waals surface area contributed by atoms with Crippen molar-refractivity contribution in [3.63, 3.8) is 0 Å². The Morgan fingerprint density at radius 1 is 1.40 bits per heavy atom. The lowest BCUT2D eigenvalue weighted by atomic mass is 9.88. The molecule has 1 N–H and O–H groups in total. The number of rotatable bonds is 6. The number of unbranched alkanes of at least 4 members (excludes halogenated alkanes) is 1. The van der Waals surface area contributed by atoms with E-state index in [1.165, 1.54) is 13.4 Å². The number of nitrogens with one attached hydrogen (secondary N) is 1. The van der Waals surface area contributed by atoms with Crippen molar-refractivity contribution in [3.8, 4) is 5.75 Å². The summed E-state index contributed by atoms with van der Waals surface area (Å²) < 4.78 is 12.6. The van der Waals surface area contributed by atoms with Gasteiger partial charge in [0.25, 0.3) is 0 Å². The number of nitrogens with zero attached hydrogens (tertiary/aromatic N) is 3. The van der Waals surface area contributed by atoms with Gasteiger partial charge in [-0.15, -0.1) is 0 Å². The molecule has 7 heteroatoms. The van der Waals surface area contributed by atoms with E-state index in [4.69, 9.17) is 9.47 Å². The van der Waals surface area contributed by atoms with Crippen LogP contribution in [0, 0.1) is 5.92 Å². The number of hydrogen-bond donors (Lipinski definition) is 1. The van der Waals surface area contributed by atoms with Gasteiger partial charge in [0.05, 0.1) is 13.7 Å². The summed E-state index contributed by atoms with van der Waals surface area (Å²) in [5, 5.41) is 7.32. The van der Waals surface area contributed by atoms with Crippen LogP contribution < -0.4 is 10.1 Å². The molecule has 0 unspecified atom stereocenters. The number of hydrogen-bond acceptors (Lipinski definition) is 6. The molecule has 1 aromatic carbocycles. The molecular formula is C18H22N4O3. The van der Waals surface area contributed by atoms with E-state index >= 15 is 0 Å². The molecule has 25 heavy (non-hydrogen) atoms. The van der Waals surface area contributed by atoms with Crippen molar-refractivity contribution >= 4 is 11.9 Å². The van der Waals surface area contributed by atoms with Crippen LogP contribution in [-0.2, 0) is 9.53 Å². The highest BCUT2D eigenvalue weighted by Gasteiger charge is 2.41. The van der Waals surface area contributed by atoms with Crippen LogP contribution in [0.25, 0.3) is 0 Å². The average Bonchev–Trinajstić information content (AvgIpc) is 3.08. The van der Waals surface area contributed by atoms with Crippen LogP contribution in [-0.4, -0.2) is 34.5 Å². The van der Waals surface area contributed by atoms with Crippen LogP contribution in [0.15, 0.2) is 42.9 Å². The van der Waals surface area contributed by atoms with Crippen molar-refractivity contribution in [2.45, 2.75) is 25.8 Å². The van der Waals surface area contributed by atoms with Crippen LogP contribution in [0.4, 0.5) is 5.95 Å². The molecule has 0 saturated heterocycles. The lowest BCUT2D eigenvalue weighted by Crippen LogP contribution is -2.37. The summed E-state index contributed by atoms with van der Waals surface area (Å²) in [5.74, 6) is 0.256. The van der Waals surface area contributed by atoms with Gasteiger partial charge in [0.15, 0.2) is 0 Å². The molecule has 0 radical (unpaired) electrons. The topological polar surface area (TPSA) is 78.3 Å². The lowest BCUT2D eigenvalue weighted by molar-refractivity contribution is -0.145. The van der Waals surface area contributed by atoms with E-state index in [0.717, 1.165) is 24.2 Å². The number of para-hydroxylation sites is 1. The Kier molecular flexibility index (Phi) is 5.02. The minimum atomic E-state index is -0.630. The maximum atomic E-state index is 12.4. The second-order valence-corrected chi connectivity index (χ2v) is 5.86. The average molecular weight is 342 g/mol. The quantitative estimate of drug-likeness (QED) is 0.642. The van der Waals surface area contributed by atoms with Gasteiger partial charge in [-0.05, 0) is 12.5 Å². The predicted molar refractivity (Wildman–Crippen MR) is 93.3 cm³/mol. The number of carbonyl (C=O) groups excluding carboxylic acids is 1. The lowest BCUT2D eigenvalue weighted by Gasteiger charge is -2.33. The zero-order valence-electron chi connectivity index (χ0n) is 14.4. The van der Waals surface area contributed by atoms with E-state index in [9.17, 15) is 4.79 Å². The highest BCUT2D eigenvalue weighted by atomic mass is 16.5. The Bertz CT molecular complexity index is 771. The van der Waals surface area contributed by atoms with Crippen LogP contribution in [0.2, 0.25) is 0 Å². The molecule has 0 spiro atoms. The SMILES string of the molecule is C=C1Nc2ncnn2[C@@H](c2ccccc2OCCCC)[C@@H]1C(=O)OC. The van der Waals surface area contributed by atoms with Crippen molar-refractivity contribution in [1.29, 1.82) is 0 Å². The Morgan fingerprint density at radius 3 is 2.96 bits per heavy atom. The molecule has 0 amide bonds. The fraction of sp³-hybridized carbons (Fsp3) is 0.389. The van der Waals surface area contributed by atoms with Crippen molar-refractivity contribution in [2.75, 3.05) is 19.0 Å². The summed E-state index contributed by atoms with van der Waals surface area (Å²) in [6.07, 6.45) is 3.45. The first kappa shape index (κ1) is 17.0. The number of fused-ring (bicyclic) bond motifs is 1. The highest BCUT2D eigenvalue weighted by molar-refractivity contribution is 5.79. The van der Waals surface area contributed by atoms with Gasteiger partial charge in [0, 0.05) is 11.3 Å². The van der Waals surface area contributed by atoms with Gasteiger partial charge in [-0.3, -0.25) is 4.79 Å². The molecule has 1 aliphatic rings. The Balaban J connectivity index is 2.06. The minimum absolute atomic E-state index is 0.382. The number of aromatic nitrogens is 3. The number of benzene rings is 1. The van der Waals surface area contributed by atoms with Crippen LogP contribution in [0.5, 0.6) is 5.75 Å². The van der Waals surface area contributed by atoms with Crippen molar-refractivity contribution in [1.82, 2.24) is 14.8 Å². The van der Waals surface area contributed by atoms with Crippen molar-refractivity contribution in [2.24, 2.45) is 5.92 Å². The van der Waals surface area contributed by atoms with Crippen molar-refractivity contribution < 1.29 is 14.3 Å². The van der Waals surface area contributed by atoms with Crippen molar-refractivity contribution in [3.05, 3.63) is 48.4 Å². The van der Waals surface area contributed by atoms with E-state index in [1.54, 1.807) is 4.68 Å². The zero-order valence-corrected chi connectivity index (χ0v) is 14.4. The Morgan fingerprint density at radius 2 is 2.20 bits per heavy atom. The molecule has 132 valence electrons. The summed E-state index contributed by atoms with van der Waals surface area (Å²) in [4.78, 5) is 16.6. The fourth-order valence-electron chi connectivity index (χ4n) is 2.99. The highest BCUT2D eigenvalue weighted by Crippen LogP contribution is 2.41. The van der Waals surface area contributed by atoms with E-state index in [2.05, 4.69) is 28.9 Å². The molecule has 7 nitrogen and oxygen atoms in total. The van der Waals surface area contributed by atoms with Crippen LogP contribution in [0.3, 0.4) is 0 Å². The molecule has 2 heterocycles. The van der Waals surface area contributed by atoms with E-state index in [1.807, 2.05) is 24.3 Å². The predicted octanol–water partition coefficient (Wildman–Crippen LogP) is 2.77. The molecule has 1 aliphatic heterocycles. The molecule has 0 bridgehead atoms. The van der Waals surface area contributed by atoms with Crippen LogP contribution >= 0.6 is 0 Å². The molecule has 0 saturated carbocycles. The summed E-state index contributed by atoms with van der Waals surface area (Å²) in [7, 11) is 1.37. The van der Waals surface area contributed by atoms with E-state index < -0.39 is 12.0 Å². The van der Waals surface area contributed by atoms with Gasteiger partial charge in [-0.2, -0.15) is 10.1 Å². The third-order valence-electron chi connectivity index (χ3n) is 4.25. The minimum Gasteiger partial charge on any atom is -0.493 e. The first-order chi connectivity index (χ1) is 12.2. The van der Waals surface area contributed by atoms with Gasteiger partial charge in [-0.1, -0.05) is 38.1 Å². The molecule has 0 fully saturated rings. The van der Waals surface area contributed by atoms with Crippen LogP contribution in [0.1, 0.15) is 31.4 Å². The van der Waals surface area contributed by atoms with E-state index in [-0.39, 0.29) is 5.97 Å². The maximum Gasteiger partial charge on any atom is 0.317 e. The molecule has 2 aromatic rings. The number of methoxy groups -OCH3 is 1. The summed E-state index contributed by atoms with van der Waals surface area (Å²) in [6, 6.07) is 7.23. The summed E-state index contributed by atoms with van der Waals surface area (Å²) in [5.41, 5.74) is 1.38.